The molecule has 1 aromatic rings. The topological polar surface area (TPSA) is 85.2 Å². The van der Waals surface area contributed by atoms with Crippen LogP contribution in [-0.2, 0) is 20.9 Å². The predicted molar refractivity (Wildman–Crippen MR) is 96.7 cm³/mol. The number of ether oxygens (including phenoxy) is 3. The number of hydrogen-bond acceptors (Lipinski definition) is 6. The Labute approximate surface area is 153 Å². The molecule has 2 rings (SSSR count). The van der Waals surface area contributed by atoms with E-state index in [9.17, 15) is 15.0 Å². The summed E-state index contributed by atoms with van der Waals surface area (Å²) in [6, 6.07) is 7.54. The largest absolute Gasteiger partial charge is 0.497 e. The van der Waals surface area contributed by atoms with Gasteiger partial charge in [-0.2, -0.15) is 0 Å². The number of cyclic esters (lactones) is 1. The van der Waals surface area contributed by atoms with E-state index >= 15 is 0 Å². The molecule has 0 fully saturated rings. The van der Waals surface area contributed by atoms with Gasteiger partial charge in [0.1, 0.15) is 17.5 Å². The Bertz CT molecular complexity index is 632. The van der Waals surface area contributed by atoms with Gasteiger partial charge in [0.05, 0.1) is 19.8 Å². The number of aliphatic hydroxyl groups is 2. The number of benzene rings is 1. The summed E-state index contributed by atoms with van der Waals surface area (Å²) in [5.74, 6) is 0.379. The van der Waals surface area contributed by atoms with Crippen LogP contribution < -0.4 is 4.74 Å². The fraction of sp³-hybridized carbons (Fsp3) is 0.450. The summed E-state index contributed by atoms with van der Waals surface area (Å²) >= 11 is 0. The van der Waals surface area contributed by atoms with Crippen molar-refractivity contribution in [3.8, 4) is 5.75 Å². The monoisotopic (exact) mass is 362 g/mol. The first-order chi connectivity index (χ1) is 12.4. The molecule has 2 N–H and O–H groups in total. The molecule has 0 aromatic heterocycles. The third kappa shape index (κ3) is 6.29. The summed E-state index contributed by atoms with van der Waals surface area (Å²) in [4.78, 5) is 11.2. The van der Waals surface area contributed by atoms with Crippen molar-refractivity contribution in [2.24, 2.45) is 0 Å². The van der Waals surface area contributed by atoms with Crippen LogP contribution >= 0.6 is 0 Å². The van der Waals surface area contributed by atoms with Gasteiger partial charge in [-0.15, -0.1) is 0 Å². The lowest BCUT2D eigenvalue weighted by Gasteiger charge is -2.26. The lowest BCUT2D eigenvalue weighted by molar-refractivity contribution is -0.141. The van der Waals surface area contributed by atoms with E-state index in [0.29, 0.717) is 19.6 Å². The fourth-order valence-electron chi connectivity index (χ4n) is 2.47. The maximum Gasteiger partial charge on any atom is 0.331 e. The smallest absolute Gasteiger partial charge is 0.331 e. The SMILES string of the molecule is COc1ccc(COCC[C@@H](O)[C@](C)(O)C=C[C@H]2CC=CC(=O)O2)cc1. The van der Waals surface area contributed by atoms with Crippen LogP contribution in [-0.4, -0.2) is 47.7 Å². The van der Waals surface area contributed by atoms with Gasteiger partial charge in [-0.3, -0.25) is 0 Å². The molecule has 0 bridgehead atoms. The first-order valence-corrected chi connectivity index (χ1v) is 8.58. The van der Waals surface area contributed by atoms with Crippen LogP contribution in [0.4, 0.5) is 0 Å². The number of rotatable bonds is 9. The highest BCUT2D eigenvalue weighted by molar-refractivity contribution is 5.82. The van der Waals surface area contributed by atoms with Crippen LogP contribution in [0, 0.1) is 0 Å². The summed E-state index contributed by atoms with van der Waals surface area (Å²) in [5, 5.41) is 20.6. The minimum atomic E-state index is -1.43. The molecule has 26 heavy (non-hydrogen) atoms. The predicted octanol–water partition coefficient (Wildman–Crippen LogP) is 2.14. The van der Waals surface area contributed by atoms with Crippen LogP contribution in [0.25, 0.3) is 0 Å². The van der Waals surface area contributed by atoms with E-state index in [1.807, 2.05) is 24.3 Å². The third-order valence-corrected chi connectivity index (χ3v) is 4.18. The highest BCUT2D eigenvalue weighted by Gasteiger charge is 2.27. The molecule has 0 saturated heterocycles. The van der Waals surface area contributed by atoms with E-state index in [0.717, 1.165) is 11.3 Å². The van der Waals surface area contributed by atoms with Gasteiger partial charge in [0.2, 0.25) is 0 Å². The van der Waals surface area contributed by atoms with Crippen LogP contribution in [0.5, 0.6) is 5.75 Å². The minimum Gasteiger partial charge on any atom is -0.497 e. The van der Waals surface area contributed by atoms with Gasteiger partial charge >= 0.3 is 5.97 Å². The van der Waals surface area contributed by atoms with Gasteiger partial charge in [-0.25, -0.2) is 4.79 Å². The molecule has 1 aliphatic heterocycles. The van der Waals surface area contributed by atoms with E-state index in [-0.39, 0.29) is 6.42 Å². The Morgan fingerprint density at radius 2 is 2.12 bits per heavy atom. The second kappa shape index (κ2) is 9.52. The number of carbonyl (C=O) groups excluding carboxylic acids is 1. The number of esters is 1. The second-order valence-corrected chi connectivity index (χ2v) is 6.40. The highest BCUT2D eigenvalue weighted by atomic mass is 16.5. The van der Waals surface area contributed by atoms with Crippen molar-refractivity contribution >= 4 is 5.97 Å². The van der Waals surface area contributed by atoms with Gasteiger partial charge < -0.3 is 24.4 Å². The van der Waals surface area contributed by atoms with Gasteiger partial charge in [0, 0.05) is 19.1 Å². The van der Waals surface area contributed by atoms with Crippen molar-refractivity contribution in [1.82, 2.24) is 0 Å². The molecular formula is C20H26O6. The van der Waals surface area contributed by atoms with Gasteiger partial charge in [-0.05, 0) is 37.1 Å². The summed E-state index contributed by atoms with van der Waals surface area (Å²) in [6.07, 6.45) is 5.58. The zero-order valence-corrected chi connectivity index (χ0v) is 15.1. The lowest BCUT2D eigenvalue weighted by atomic mass is 9.95. The summed E-state index contributed by atoms with van der Waals surface area (Å²) in [7, 11) is 1.61. The number of hydrogen-bond donors (Lipinski definition) is 2. The Balaban J connectivity index is 1.73. The van der Waals surface area contributed by atoms with Crippen LogP contribution in [0.15, 0.2) is 48.6 Å². The average molecular weight is 362 g/mol. The summed E-state index contributed by atoms with van der Waals surface area (Å²) in [5.41, 5.74) is -0.434. The molecule has 0 unspecified atom stereocenters. The van der Waals surface area contributed by atoms with Crippen LogP contribution in [0.1, 0.15) is 25.3 Å². The first-order valence-electron chi connectivity index (χ1n) is 8.58. The maximum atomic E-state index is 11.2. The molecule has 1 aliphatic rings. The Kier molecular flexibility index (Phi) is 7.38. The molecule has 0 amide bonds. The molecule has 0 spiro atoms. The molecule has 1 aromatic carbocycles. The van der Waals surface area contributed by atoms with E-state index in [4.69, 9.17) is 14.2 Å². The van der Waals surface area contributed by atoms with Crippen molar-refractivity contribution in [3.05, 3.63) is 54.1 Å². The number of methoxy groups -OCH3 is 1. The molecule has 6 heteroatoms. The molecule has 0 radical (unpaired) electrons. The molecule has 6 nitrogen and oxygen atoms in total. The van der Waals surface area contributed by atoms with E-state index in [2.05, 4.69) is 0 Å². The zero-order chi connectivity index (χ0) is 19.0. The number of carbonyl (C=O) groups is 1. The van der Waals surface area contributed by atoms with Crippen molar-refractivity contribution in [2.45, 2.75) is 44.2 Å². The summed E-state index contributed by atoms with van der Waals surface area (Å²) in [6.45, 7) is 2.23. The van der Waals surface area contributed by atoms with E-state index < -0.39 is 23.8 Å². The van der Waals surface area contributed by atoms with Crippen LogP contribution in [0.2, 0.25) is 0 Å². The number of aliphatic hydroxyl groups excluding tert-OH is 1. The van der Waals surface area contributed by atoms with E-state index in [1.54, 1.807) is 19.3 Å². The Hall–Kier alpha value is -2.15. The van der Waals surface area contributed by atoms with Crippen molar-refractivity contribution in [3.63, 3.8) is 0 Å². The van der Waals surface area contributed by atoms with Gasteiger partial charge in [-0.1, -0.05) is 24.3 Å². The average Bonchev–Trinajstić information content (AvgIpc) is 2.64. The minimum absolute atomic E-state index is 0.276. The van der Waals surface area contributed by atoms with Crippen LogP contribution in [0.3, 0.4) is 0 Å². The van der Waals surface area contributed by atoms with Gasteiger partial charge in [0.25, 0.3) is 0 Å². The second-order valence-electron chi connectivity index (χ2n) is 6.40. The lowest BCUT2D eigenvalue weighted by Crippen LogP contribution is -2.38. The molecule has 142 valence electrons. The normalized spacial score (nSPS) is 20.6. The molecule has 1 heterocycles. The molecular weight excluding hydrogens is 336 g/mol. The zero-order valence-electron chi connectivity index (χ0n) is 15.1. The first kappa shape index (κ1) is 20.2. The molecule has 0 aliphatic carbocycles. The maximum absolute atomic E-state index is 11.2. The van der Waals surface area contributed by atoms with Crippen molar-refractivity contribution < 1.29 is 29.2 Å². The summed E-state index contributed by atoms with van der Waals surface area (Å²) < 4.78 is 15.7. The Morgan fingerprint density at radius 1 is 1.38 bits per heavy atom. The standard InChI is InChI=1S/C20H26O6/c1-20(23,12-10-17-4-3-5-19(22)26-17)18(21)11-13-25-14-15-6-8-16(24-2)9-7-15/h3,5-10,12,17-18,21,23H,4,11,13-14H2,1-2H3/t17-,18-,20-/m1/s1. The van der Waals surface area contributed by atoms with E-state index in [1.165, 1.54) is 19.1 Å². The van der Waals surface area contributed by atoms with Crippen molar-refractivity contribution in [1.29, 1.82) is 0 Å². The third-order valence-electron chi connectivity index (χ3n) is 4.18. The highest BCUT2D eigenvalue weighted by Crippen LogP contribution is 2.18. The molecule has 0 saturated carbocycles. The van der Waals surface area contributed by atoms with Crippen molar-refractivity contribution in [2.75, 3.05) is 13.7 Å². The quantitative estimate of drug-likeness (QED) is 0.398. The Morgan fingerprint density at radius 3 is 2.77 bits per heavy atom. The fourth-order valence-corrected chi connectivity index (χ4v) is 2.47. The van der Waals surface area contributed by atoms with Gasteiger partial charge in [0.15, 0.2) is 0 Å². The molecule has 3 atom stereocenters.